The minimum absolute atomic E-state index is 0.102. The Morgan fingerprint density at radius 2 is 2.09 bits per heavy atom. The summed E-state index contributed by atoms with van der Waals surface area (Å²) in [5.41, 5.74) is 0.519. The van der Waals surface area contributed by atoms with Crippen LogP contribution in [-0.4, -0.2) is 17.1 Å². The van der Waals surface area contributed by atoms with Crippen molar-refractivity contribution in [3.05, 3.63) is 64.6 Å². The third-order valence-corrected chi connectivity index (χ3v) is 3.49. The molecule has 1 aromatic heterocycles. The molecule has 2 unspecified atom stereocenters. The number of carbonyl (C=O) groups is 1. The Bertz CT molecular complexity index is 730. The summed E-state index contributed by atoms with van der Waals surface area (Å²) in [6.07, 6.45) is 1.88. The van der Waals surface area contributed by atoms with Crippen LogP contribution in [0.1, 0.15) is 24.4 Å². The second-order valence-corrected chi connectivity index (χ2v) is 5.38. The molecule has 0 aliphatic heterocycles. The number of nitriles is 1. The van der Waals surface area contributed by atoms with Crippen LogP contribution in [0.15, 0.2) is 52.7 Å². The van der Waals surface area contributed by atoms with Gasteiger partial charge in [0.25, 0.3) is 5.91 Å². The molecule has 2 aromatic rings. The van der Waals surface area contributed by atoms with Crippen LogP contribution >= 0.6 is 11.6 Å². The summed E-state index contributed by atoms with van der Waals surface area (Å²) in [5.74, 6) is -0.174. The Labute approximate surface area is 138 Å². The van der Waals surface area contributed by atoms with Gasteiger partial charge in [-0.25, -0.2) is 0 Å². The summed E-state index contributed by atoms with van der Waals surface area (Å²) >= 11 is 5.80. The molecule has 6 heteroatoms. The topological polar surface area (TPSA) is 86.3 Å². The Balaban J connectivity index is 2.06. The predicted octanol–water partition coefficient (Wildman–Crippen LogP) is 3.08. The molecular formula is C17H15ClN2O3. The smallest absolute Gasteiger partial charge is 0.262 e. The van der Waals surface area contributed by atoms with Gasteiger partial charge in [-0.15, -0.1) is 0 Å². The summed E-state index contributed by atoms with van der Waals surface area (Å²) in [7, 11) is 0. The van der Waals surface area contributed by atoms with Crippen LogP contribution in [0.2, 0.25) is 5.02 Å². The van der Waals surface area contributed by atoms with Gasteiger partial charge < -0.3 is 14.8 Å². The minimum atomic E-state index is -0.917. The molecular weight excluding hydrogens is 316 g/mol. The molecule has 1 amide bonds. The van der Waals surface area contributed by atoms with Crippen LogP contribution in [0.25, 0.3) is 6.08 Å². The summed E-state index contributed by atoms with van der Waals surface area (Å²) in [6, 6.07) is 11.2. The second-order valence-electron chi connectivity index (χ2n) is 4.94. The summed E-state index contributed by atoms with van der Waals surface area (Å²) in [4.78, 5) is 12.1. The van der Waals surface area contributed by atoms with Crippen LogP contribution in [0.4, 0.5) is 0 Å². The van der Waals surface area contributed by atoms with E-state index in [2.05, 4.69) is 5.32 Å². The van der Waals surface area contributed by atoms with Crippen molar-refractivity contribution < 1.29 is 14.3 Å². The van der Waals surface area contributed by atoms with E-state index in [4.69, 9.17) is 21.3 Å². The number of halogens is 1. The van der Waals surface area contributed by atoms with Crippen LogP contribution < -0.4 is 5.32 Å². The normalized spacial score (nSPS) is 13.9. The first-order valence-corrected chi connectivity index (χ1v) is 7.28. The maximum atomic E-state index is 12.1. The summed E-state index contributed by atoms with van der Waals surface area (Å²) < 4.78 is 5.08. The fraction of sp³-hybridized carbons (Fsp3) is 0.176. The van der Waals surface area contributed by atoms with E-state index < -0.39 is 18.1 Å². The number of hydrogen-bond donors (Lipinski definition) is 2. The van der Waals surface area contributed by atoms with Gasteiger partial charge in [-0.1, -0.05) is 23.7 Å². The first-order chi connectivity index (χ1) is 11.0. The minimum Gasteiger partial charge on any atom is -0.465 e. The van der Waals surface area contributed by atoms with Gasteiger partial charge in [-0.05, 0) is 36.8 Å². The molecule has 0 fully saturated rings. The molecule has 118 valence electrons. The van der Waals surface area contributed by atoms with Crippen LogP contribution in [0, 0.1) is 11.3 Å². The van der Waals surface area contributed by atoms with Crippen molar-refractivity contribution in [1.82, 2.24) is 5.32 Å². The van der Waals surface area contributed by atoms with E-state index in [0.29, 0.717) is 16.3 Å². The lowest BCUT2D eigenvalue weighted by Gasteiger charge is -2.20. The molecule has 2 rings (SSSR count). The zero-order valence-corrected chi connectivity index (χ0v) is 13.1. The lowest BCUT2D eigenvalue weighted by Crippen LogP contribution is -2.37. The van der Waals surface area contributed by atoms with Crippen molar-refractivity contribution in [3.8, 4) is 6.07 Å². The van der Waals surface area contributed by atoms with Crippen molar-refractivity contribution in [2.24, 2.45) is 0 Å². The standard InChI is InChI=1S/C17H15ClN2O3/c1-11(16(21)12-4-6-14(18)7-5-12)20-17(22)13(10-19)9-15-3-2-8-23-15/h2-9,11,16,21H,1H3,(H,20,22)/b13-9+. The number of furan rings is 1. The lowest BCUT2D eigenvalue weighted by molar-refractivity contribution is -0.118. The van der Waals surface area contributed by atoms with Gasteiger partial charge in [-0.3, -0.25) is 4.79 Å². The fourth-order valence-electron chi connectivity index (χ4n) is 1.98. The first kappa shape index (κ1) is 16.8. The predicted molar refractivity (Wildman–Crippen MR) is 86.3 cm³/mol. The first-order valence-electron chi connectivity index (χ1n) is 6.91. The Morgan fingerprint density at radius 1 is 1.39 bits per heavy atom. The number of aliphatic hydroxyl groups is 1. The van der Waals surface area contributed by atoms with E-state index in [1.165, 1.54) is 12.3 Å². The molecule has 0 bridgehead atoms. The molecule has 0 radical (unpaired) electrons. The maximum Gasteiger partial charge on any atom is 0.262 e. The second kappa shape index (κ2) is 7.63. The van der Waals surface area contributed by atoms with E-state index in [0.717, 1.165) is 0 Å². The number of nitrogens with one attached hydrogen (secondary N) is 1. The molecule has 1 aromatic carbocycles. The molecule has 0 aliphatic rings. The van der Waals surface area contributed by atoms with Gasteiger partial charge in [0.2, 0.25) is 0 Å². The molecule has 5 nitrogen and oxygen atoms in total. The van der Waals surface area contributed by atoms with E-state index in [1.807, 2.05) is 6.07 Å². The molecule has 0 spiro atoms. The number of rotatable bonds is 5. The van der Waals surface area contributed by atoms with Crippen LogP contribution in [0.5, 0.6) is 0 Å². The van der Waals surface area contributed by atoms with E-state index in [9.17, 15) is 9.90 Å². The number of hydrogen-bond acceptors (Lipinski definition) is 4. The monoisotopic (exact) mass is 330 g/mol. The van der Waals surface area contributed by atoms with Crippen LogP contribution in [-0.2, 0) is 4.79 Å². The number of aliphatic hydroxyl groups excluding tert-OH is 1. The van der Waals surface area contributed by atoms with Crippen molar-refractivity contribution >= 4 is 23.6 Å². The van der Waals surface area contributed by atoms with Gasteiger partial charge in [0.15, 0.2) is 0 Å². The SMILES string of the molecule is CC(NC(=O)/C(C#N)=C/c1ccco1)C(O)c1ccc(Cl)cc1. The summed E-state index contributed by atoms with van der Waals surface area (Å²) in [6.45, 7) is 1.65. The van der Waals surface area contributed by atoms with Gasteiger partial charge >= 0.3 is 0 Å². The highest BCUT2D eigenvalue weighted by atomic mass is 35.5. The maximum absolute atomic E-state index is 12.1. The summed E-state index contributed by atoms with van der Waals surface area (Å²) in [5, 5.41) is 22.5. The molecule has 2 N–H and O–H groups in total. The third kappa shape index (κ3) is 4.46. The van der Waals surface area contributed by atoms with Crippen molar-refractivity contribution in [2.45, 2.75) is 19.1 Å². The van der Waals surface area contributed by atoms with E-state index in [-0.39, 0.29) is 5.57 Å². The van der Waals surface area contributed by atoms with E-state index >= 15 is 0 Å². The molecule has 1 heterocycles. The van der Waals surface area contributed by atoms with Gasteiger partial charge in [0.05, 0.1) is 18.4 Å². The van der Waals surface area contributed by atoms with Crippen molar-refractivity contribution in [3.63, 3.8) is 0 Å². The highest BCUT2D eigenvalue weighted by Crippen LogP contribution is 2.19. The highest BCUT2D eigenvalue weighted by Gasteiger charge is 2.20. The number of carbonyl (C=O) groups excluding carboxylic acids is 1. The quantitative estimate of drug-likeness (QED) is 0.651. The largest absolute Gasteiger partial charge is 0.465 e. The molecule has 0 saturated carbocycles. The molecule has 23 heavy (non-hydrogen) atoms. The average molecular weight is 331 g/mol. The van der Waals surface area contributed by atoms with Gasteiger partial charge in [0, 0.05) is 11.1 Å². The molecule has 2 atom stereocenters. The average Bonchev–Trinajstić information content (AvgIpc) is 3.05. The molecule has 0 aliphatic carbocycles. The highest BCUT2D eigenvalue weighted by molar-refractivity contribution is 6.30. The zero-order chi connectivity index (χ0) is 16.8. The fourth-order valence-corrected chi connectivity index (χ4v) is 2.10. The van der Waals surface area contributed by atoms with Gasteiger partial charge in [0.1, 0.15) is 17.4 Å². The Kier molecular flexibility index (Phi) is 5.58. The van der Waals surface area contributed by atoms with Crippen molar-refractivity contribution in [1.29, 1.82) is 5.26 Å². The number of benzene rings is 1. The van der Waals surface area contributed by atoms with Crippen molar-refractivity contribution in [2.75, 3.05) is 0 Å². The Hall–Kier alpha value is -2.55. The number of nitrogens with zero attached hydrogens (tertiary/aromatic N) is 1. The zero-order valence-electron chi connectivity index (χ0n) is 12.4. The lowest BCUT2D eigenvalue weighted by atomic mass is 10.0. The van der Waals surface area contributed by atoms with Crippen LogP contribution in [0.3, 0.4) is 0 Å². The Morgan fingerprint density at radius 3 is 2.65 bits per heavy atom. The number of amides is 1. The third-order valence-electron chi connectivity index (χ3n) is 3.24. The van der Waals surface area contributed by atoms with E-state index in [1.54, 1.807) is 43.3 Å². The van der Waals surface area contributed by atoms with Gasteiger partial charge in [-0.2, -0.15) is 5.26 Å². The molecule has 0 saturated heterocycles.